The second-order valence-electron chi connectivity index (χ2n) is 2.90. The second-order valence-corrected chi connectivity index (χ2v) is 2.90. The summed E-state index contributed by atoms with van der Waals surface area (Å²) in [7, 11) is 0. The van der Waals surface area contributed by atoms with Gasteiger partial charge in [-0.05, 0) is 6.92 Å². The molecule has 0 spiro atoms. The highest BCUT2D eigenvalue weighted by atomic mass is 16.6. The van der Waals surface area contributed by atoms with Crippen LogP contribution in [-0.2, 0) is 0 Å². The average molecular weight is 227 g/mol. The first kappa shape index (κ1) is 11.5. The lowest BCUT2D eigenvalue weighted by Crippen LogP contribution is -2.00. The van der Waals surface area contributed by atoms with Crippen molar-refractivity contribution < 1.29 is 14.8 Å². The molecule has 0 aliphatic carbocycles. The fourth-order valence-corrected chi connectivity index (χ4v) is 1.16. The Labute approximate surface area is 87.8 Å². The van der Waals surface area contributed by atoms with E-state index in [1.165, 1.54) is 6.92 Å². The third kappa shape index (κ3) is 1.92. The minimum atomic E-state index is -1.02. The van der Waals surface area contributed by atoms with Gasteiger partial charge in [-0.2, -0.15) is 0 Å². The summed E-state index contributed by atoms with van der Waals surface area (Å²) in [6, 6.07) is 1.41. The SMILES string of the molecule is Cc1cc([N+](=O)[O-])c([N+](=O)[O-])cc1[N+](=O)[O-]. The highest BCUT2D eigenvalue weighted by Crippen LogP contribution is 2.33. The number of hydrogen-bond acceptors (Lipinski definition) is 6. The molecule has 84 valence electrons. The molecule has 0 radical (unpaired) electrons. The van der Waals surface area contributed by atoms with Crippen molar-refractivity contribution in [3.63, 3.8) is 0 Å². The minimum Gasteiger partial charge on any atom is -0.258 e. The summed E-state index contributed by atoms with van der Waals surface area (Å²) >= 11 is 0. The zero-order valence-electron chi connectivity index (χ0n) is 7.95. The second kappa shape index (κ2) is 3.88. The molecule has 0 N–H and O–H groups in total. The summed E-state index contributed by atoms with van der Waals surface area (Å²) in [6.07, 6.45) is 0. The Hall–Kier alpha value is -2.58. The molecular formula is C7H5N3O6. The Morgan fingerprint density at radius 2 is 1.19 bits per heavy atom. The maximum absolute atomic E-state index is 10.5. The number of benzene rings is 1. The van der Waals surface area contributed by atoms with Crippen LogP contribution >= 0.6 is 0 Å². The van der Waals surface area contributed by atoms with Crippen molar-refractivity contribution in [1.82, 2.24) is 0 Å². The molecule has 0 saturated heterocycles. The van der Waals surface area contributed by atoms with E-state index in [4.69, 9.17) is 0 Å². The molecule has 9 nitrogen and oxygen atoms in total. The lowest BCUT2D eigenvalue weighted by molar-refractivity contribution is -0.424. The van der Waals surface area contributed by atoms with Gasteiger partial charge in [0.2, 0.25) is 0 Å². The summed E-state index contributed by atoms with van der Waals surface area (Å²) in [6.45, 7) is 1.27. The zero-order valence-corrected chi connectivity index (χ0v) is 7.95. The maximum Gasteiger partial charge on any atom is 0.352 e. The van der Waals surface area contributed by atoms with Gasteiger partial charge in [-0.3, -0.25) is 30.3 Å². The predicted molar refractivity (Wildman–Crippen MR) is 51.1 cm³/mol. The quantitative estimate of drug-likeness (QED) is 0.570. The Morgan fingerprint density at radius 1 is 0.812 bits per heavy atom. The third-order valence-electron chi connectivity index (χ3n) is 1.88. The fourth-order valence-electron chi connectivity index (χ4n) is 1.16. The Bertz CT molecular complexity index is 497. The van der Waals surface area contributed by atoms with E-state index in [0.29, 0.717) is 6.07 Å². The third-order valence-corrected chi connectivity index (χ3v) is 1.88. The van der Waals surface area contributed by atoms with Crippen molar-refractivity contribution in [2.45, 2.75) is 6.92 Å². The van der Waals surface area contributed by atoms with Crippen LogP contribution in [0.2, 0.25) is 0 Å². The van der Waals surface area contributed by atoms with Gasteiger partial charge in [0.15, 0.2) is 0 Å². The highest BCUT2D eigenvalue weighted by Gasteiger charge is 2.29. The number of nitrogens with zero attached hydrogens (tertiary/aromatic N) is 3. The van der Waals surface area contributed by atoms with Crippen molar-refractivity contribution in [2.75, 3.05) is 0 Å². The molecule has 0 unspecified atom stereocenters. The van der Waals surface area contributed by atoms with Gasteiger partial charge in [0.05, 0.1) is 14.8 Å². The van der Waals surface area contributed by atoms with Crippen molar-refractivity contribution in [3.8, 4) is 0 Å². The molecule has 0 fully saturated rings. The molecule has 0 amide bonds. The summed E-state index contributed by atoms with van der Waals surface area (Å²) in [5, 5.41) is 31.5. The smallest absolute Gasteiger partial charge is 0.258 e. The van der Waals surface area contributed by atoms with E-state index in [1.807, 2.05) is 0 Å². The topological polar surface area (TPSA) is 129 Å². The van der Waals surface area contributed by atoms with Crippen LogP contribution in [0.5, 0.6) is 0 Å². The normalized spacial score (nSPS) is 9.81. The van der Waals surface area contributed by atoms with E-state index in [1.54, 1.807) is 0 Å². The Kier molecular flexibility index (Phi) is 2.79. The van der Waals surface area contributed by atoms with Crippen LogP contribution in [0.4, 0.5) is 17.1 Å². The van der Waals surface area contributed by atoms with Gasteiger partial charge >= 0.3 is 11.4 Å². The number of hydrogen-bond donors (Lipinski definition) is 0. The van der Waals surface area contributed by atoms with E-state index in [-0.39, 0.29) is 5.56 Å². The van der Waals surface area contributed by atoms with Crippen LogP contribution in [0.25, 0.3) is 0 Å². The molecule has 16 heavy (non-hydrogen) atoms. The van der Waals surface area contributed by atoms with Crippen molar-refractivity contribution >= 4 is 17.1 Å². The highest BCUT2D eigenvalue weighted by molar-refractivity contribution is 5.61. The summed E-state index contributed by atoms with van der Waals surface area (Å²) in [5.41, 5.74) is -2.16. The Morgan fingerprint density at radius 3 is 1.56 bits per heavy atom. The lowest BCUT2D eigenvalue weighted by atomic mass is 10.1. The van der Waals surface area contributed by atoms with Gasteiger partial charge in [-0.1, -0.05) is 0 Å². The molecule has 9 heteroatoms. The summed E-state index contributed by atoms with van der Waals surface area (Å²) < 4.78 is 0. The van der Waals surface area contributed by atoms with E-state index in [2.05, 4.69) is 0 Å². The number of aryl methyl sites for hydroxylation is 1. The van der Waals surface area contributed by atoms with Gasteiger partial charge in [-0.15, -0.1) is 0 Å². The zero-order chi connectivity index (χ0) is 12.5. The van der Waals surface area contributed by atoms with E-state index < -0.39 is 31.8 Å². The molecule has 0 atom stereocenters. The minimum absolute atomic E-state index is 0.00213. The molecule has 1 aromatic carbocycles. The maximum atomic E-state index is 10.5. The molecule has 0 aromatic heterocycles. The molecule has 1 aromatic rings. The van der Waals surface area contributed by atoms with Crippen LogP contribution in [0, 0.1) is 37.3 Å². The molecule has 0 heterocycles. The van der Waals surface area contributed by atoms with Crippen molar-refractivity contribution in [3.05, 3.63) is 48.0 Å². The van der Waals surface area contributed by atoms with Gasteiger partial charge in [-0.25, -0.2) is 0 Å². The van der Waals surface area contributed by atoms with E-state index >= 15 is 0 Å². The summed E-state index contributed by atoms with van der Waals surface area (Å²) in [5.74, 6) is 0. The first-order chi connectivity index (χ1) is 7.34. The van der Waals surface area contributed by atoms with Crippen LogP contribution in [0.3, 0.4) is 0 Å². The first-order valence-electron chi connectivity index (χ1n) is 3.92. The van der Waals surface area contributed by atoms with Crippen LogP contribution in [0.15, 0.2) is 12.1 Å². The number of nitro benzene ring substituents is 3. The van der Waals surface area contributed by atoms with Crippen LogP contribution < -0.4 is 0 Å². The number of rotatable bonds is 3. The van der Waals surface area contributed by atoms with Crippen molar-refractivity contribution in [2.24, 2.45) is 0 Å². The first-order valence-corrected chi connectivity index (χ1v) is 3.92. The molecule has 1 rings (SSSR count). The fraction of sp³-hybridized carbons (Fsp3) is 0.143. The molecular weight excluding hydrogens is 222 g/mol. The van der Waals surface area contributed by atoms with E-state index in [9.17, 15) is 30.3 Å². The average Bonchev–Trinajstić information content (AvgIpc) is 2.15. The lowest BCUT2D eigenvalue weighted by Gasteiger charge is -1.98. The van der Waals surface area contributed by atoms with Gasteiger partial charge in [0, 0.05) is 11.6 Å². The largest absolute Gasteiger partial charge is 0.352 e. The molecule has 0 aliphatic heterocycles. The summed E-state index contributed by atoms with van der Waals surface area (Å²) in [4.78, 5) is 28.7. The molecule has 0 bridgehead atoms. The predicted octanol–water partition coefficient (Wildman–Crippen LogP) is 1.72. The molecule has 0 aliphatic rings. The Balaban J connectivity index is 3.55. The molecule has 0 saturated carbocycles. The van der Waals surface area contributed by atoms with Crippen molar-refractivity contribution in [1.29, 1.82) is 0 Å². The van der Waals surface area contributed by atoms with Gasteiger partial charge in [0.25, 0.3) is 5.69 Å². The van der Waals surface area contributed by atoms with Crippen LogP contribution in [0.1, 0.15) is 5.56 Å². The van der Waals surface area contributed by atoms with Crippen LogP contribution in [-0.4, -0.2) is 14.8 Å². The monoisotopic (exact) mass is 227 g/mol. The van der Waals surface area contributed by atoms with Gasteiger partial charge in [0.1, 0.15) is 6.07 Å². The van der Waals surface area contributed by atoms with Gasteiger partial charge < -0.3 is 0 Å². The standard InChI is InChI=1S/C7H5N3O6/c1-4-2-6(9(13)14)7(10(15)16)3-5(4)8(11)12/h2-3H,1H3. The van der Waals surface area contributed by atoms with E-state index in [0.717, 1.165) is 6.07 Å². The number of nitro groups is 3.